The van der Waals surface area contributed by atoms with Crippen molar-refractivity contribution < 1.29 is 9.59 Å². The molecule has 2 saturated heterocycles. The van der Waals surface area contributed by atoms with Gasteiger partial charge in [-0.3, -0.25) is 19.6 Å². The van der Waals surface area contributed by atoms with Gasteiger partial charge in [-0.15, -0.1) is 12.4 Å². The van der Waals surface area contributed by atoms with Crippen LogP contribution in [0, 0.1) is 5.92 Å². The summed E-state index contributed by atoms with van der Waals surface area (Å²) >= 11 is 0. The van der Waals surface area contributed by atoms with Crippen LogP contribution in [0.15, 0.2) is 41.3 Å². The lowest BCUT2D eigenvalue weighted by molar-refractivity contribution is -0.137. The maximum absolute atomic E-state index is 12.7. The number of nitrogens with two attached hydrogens (primary N) is 2. The highest BCUT2D eigenvalue weighted by molar-refractivity contribution is 5.89. The highest BCUT2D eigenvalue weighted by atomic mass is 35.5. The van der Waals surface area contributed by atoms with E-state index in [1.54, 1.807) is 35.9 Å². The van der Waals surface area contributed by atoms with Crippen LogP contribution in [0.25, 0.3) is 5.69 Å². The summed E-state index contributed by atoms with van der Waals surface area (Å²) in [6.07, 6.45) is 2.74. The molecule has 0 saturated carbocycles. The van der Waals surface area contributed by atoms with Crippen molar-refractivity contribution in [3.8, 4) is 5.69 Å². The molecule has 5 N–H and O–H groups in total. The summed E-state index contributed by atoms with van der Waals surface area (Å²) in [4.78, 5) is 47.3. The second-order valence-electron chi connectivity index (χ2n) is 10.2. The number of piperazine rings is 1. The van der Waals surface area contributed by atoms with Gasteiger partial charge in [0.25, 0.3) is 0 Å². The van der Waals surface area contributed by atoms with E-state index in [4.69, 9.17) is 11.5 Å². The third-order valence-corrected chi connectivity index (χ3v) is 6.77. The molecule has 0 bridgehead atoms. The summed E-state index contributed by atoms with van der Waals surface area (Å²) in [6.45, 7) is 8.57. The van der Waals surface area contributed by atoms with E-state index in [0.717, 1.165) is 32.6 Å². The van der Waals surface area contributed by atoms with Gasteiger partial charge in [-0.1, -0.05) is 12.1 Å². The predicted molar refractivity (Wildman–Crippen MR) is 145 cm³/mol. The number of nitrogens with zero attached hydrogens (tertiary/aromatic N) is 5. The molecule has 2 aromatic rings. The number of urea groups is 1. The molecule has 2 aliphatic rings. The minimum atomic E-state index is -0.944. The summed E-state index contributed by atoms with van der Waals surface area (Å²) < 4.78 is 1.44. The predicted octanol–water partition coefficient (Wildman–Crippen LogP) is 0.848. The van der Waals surface area contributed by atoms with Crippen molar-refractivity contribution >= 4 is 30.2 Å². The lowest BCUT2D eigenvalue weighted by Gasteiger charge is -2.37. The number of amides is 3. The lowest BCUT2D eigenvalue weighted by atomic mass is 10.1. The second-order valence-corrected chi connectivity index (χ2v) is 10.2. The van der Waals surface area contributed by atoms with Crippen molar-refractivity contribution in [1.29, 1.82) is 0 Å². The Morgan fingerprint density at radius 2 is 1.70 bits per heavy atom. The van der Waals surface area contributed by atoms with E-state index >= 15 is 0 Å². The van der Waals surface area contributed by atoms with E-state index in [-0.39, 0.29) is 30.2 Å². The van der Waals surface area contributed by atoms with Gasteiger partial charge in [-0.2, -0.15) is 4.98 Å². The number of aromatic nitrogens is 2. The largest absolute Gasteiger partial charge is 0.354 e. The van der Waals surface area contributed by atoms with Crippen molar-refractivity contribution in [1.82, 2.24) is 24.3 Å². The van der Waals surface area contributed by atoms with Gasteiger partial charge < -0.3 is 21.3 Å². The number of benzene rings is 1. The third-order valence-electron chi connectivity index (χ3n) is 6.77. The molecular formula is C25H37ClN8O3. The van der Waals surface area contributed by atoms with Crippen molar-refractivity contribution in [2.45, 2.75) is 32.4 Å². The van der Waals surface area contributed by atoms with Gasteiger partial charge in [0, 0.05) is 45.5 Å². The van der Waals surface area contributed by atoms with Gasteiger partial charge in [0.15, 0.2) is 0 Å². The molecule has 0 spiro atoms. The zero-order valence-corrected chi connectivity index (χ0v) is 22.2. The number of anilines is 1. The minimum Gasteiger partial charge on any atom is -0.338 e. The summed E-state index contributed by atoms with van der Waals surface area (Å²) in [7, 11) is 0. The monoisotopic (exact) mass is 532 g/mol. The number of carbonyl (C=O) groups excluding carboxylic acids is 2. The fraction of sp³-hybridized carbons (Fsp3) is 0.520. The normalized spacial score (nSPS) is 18.4. The number of hydrogen-bond acceptors (Lipinski definition) is 7. The molecule has 1 aromatic carbocycles. The summed E-state index contributed by atoms with van der Waals surface area (Å²) in [5.74, 6) is 0.616. The Bertz CT molecular complexity index is 1140. The number of nitrogens with one attached hydrogen (secondary N) is 1. The van der Waals surface area contributed by atoms with Crippen LogP contribution in [-0.4, -0.2) is 87.5 Å². The maximum atomic E-state index is 12.7. The molecule has 2 fully saturated rings. The van der Waals surface area contributed by atoms with E-state index < -0.39 is 11.2 Å². The smallest absolute Gasteiger partial charge is 0.338 e. The molecule has 11 nitrogen and oxygen atoms in total. The molecule has 202 valence electrons. The van der Waals surface area contributed by atoms with Crippen molar-refractivity contribution in [2.75, 3.05) is 51.1 Å². The van der Waals surface area contributed by atoms with Crippen LogP contribution in [0.1, 0.15) is 25.8 Å². The first kappa shape index (κ1) is 28.6. The van der Waals surface area contributed by atoms with Crippen molar-refractivity contribution in [3.05, 3.63) is 52.6 Å². The lowest BCUT2D eigenvalue weighted by Crippen LogP contribution is -2.58. The second kappa shape index (κ2) is 12.0. The molecule has 12 heteroatoms. The first-order valence-corrected chi connectivity index (χ1v) is 12.4. The Balaban J connectivity index is 0.00000380. The zero-order chi connectivity index (χ0) is 25.9. The highest BCUT2D eigenvalue weighted by Crippen LogP contribution is 2.18. The van der Waals surface area contributed by atoms with Gasteiger partial charge in [0.05, 0.1) is 11.2 Å². The van der Waals surface area contributed by atoms with Gasteiger partial charge >= 0.3 is 11.7 Å². The highest BCUT2D eigenvalue weighted by Gasteiger charge is 2.31. The summed E-state index contributed by atoms with van der Waals surface area (Å²) in [5, 5.41) is 2.68. The molecule has 0 aliphatic carbocycles. The minimum absolute atomic E-state index is 0. The Labute approximate surface area is 223 Å². The Morgan fingerprint density at radius 3 is 2.27 bits per heavy atom. The third kappa shape index (κ3) is 7.07. The summed E-state index contributed by atoms with van der Waals surface area (Å²) in [6, 6.07) is 9.07. The topological polar surface area (TPSA) is 143 Å². The van der Waals surface area contributed by atoms with Gasteiger partial charge in [-0.25, -0.2) is 9.59 Å². The first-order chi connectivity index (χ1) is 17.1. The average Bonchev–Trinajstić information content (AvgIpc) is 3.31. The molecule has 2 aliphatic heterocycles. The Morgan fingerprint density at radius 1 is 1.05 bits per heavy atom. The van der Waals surface area contributed by atoms with Crippen molar-refractivity contribution in [3.63, 3.8) is 0 Å². The van der Waals surface area contributed by atoms with Crippen LogP contribution in [0.4, 0.5) is 10.6 Å². The Kier molecular flexibility index (Phi) is 9.30. The molecule has 3 heterocycles. The molecule has 1 aromatic heterocycles. The number of hydrogen-bond donors (Lipinski definition) is 3. The number of likely N-dealkylation sites (tertiary alicyclic amines) is 1. The number of rotatable bonds is 6. The molecule has 4 rings (SSSR count). The average molecular weight is 533 g/mol. The van der Waals surface area contributed by atoms with E-state index in [9.17, 15) is 14.4 Å². The van der Waals surface area contributed by atoms with Crippen LogP contribution >= 0.6 is 12.4 Å². The van der Waals surface area contributed by atoms with Gasteiger partial charge in [0.2, 0.25) is 5.91 Å². The standard InChI is InChI=1S/C25H36N8O3.ClH/c1-25(2,27)22(34)31-11-13-32(14-12-31)23(35)28-21-8-10-33(24(36)29-21)20-5-3-18(4-6-20)16-30-9-7-19(15-26)17-30;/h3-6,8,10,19H,7,9,11-17,26-27H2,1-2H3,(H,28,29,35,36);1H/t19-;/m0./s1. The molecular weight excluding hydrogens is 496 g/mol. The fourth-order valence-electron chi connectivity index (χ4n) is 4.65. The molecule has 3 amide bonds. The fourth-order valence-corrected chi connectivity index (χ4v) is 4.65. The van der Waals surface area contributed by atoms with Crippen LogP contribution in [0.5, 0.6) is 0 Å². The van der Waals surface area contributed by atoms with Crippen LogP contribution in [0.3, 0.4) is 0 Å². The number of halogens is 1. The quantitative estimate of drug-likeness (QED) is 0.500. The Hall–Kier alpha value is -2.99. The number of carbonyl (C=O) groups is 2. The van der Waals surface area contributed by atoms with Crippen LogP contribution in [0.2, 0.25) is 0 Å². The van der Waals surface area contributed by atoms with Gasteiger partial charge in [-0.05, 0) is 63.0 Å². The maximum Gasteiger partial charge on any atom is 0.354 e. The molecule has 37 heavy (non-hydrogen) atoms. The molecule has 0 radical (unpaired) electrons. The van der Waals surface area contributed by atoms with E-state index in [0.29, 0.717) is 37.8 Å². The van der Waals surface area contributed by atoms with Gasteiger partial charge in [0.1, 0.15) is 5.82 Å². The molecule has 0 unspecified atom stereocenters. The SMILES string of the molecule is CC(C)(N)C(=O)N1CCN(C(=O)Nc2ccn(-c3ccc(CN4CC[C@@H](CN)C4)cc3)c(=O)n2)CC1.Cl. The van der Waals surface area contributed by atoms with Crippen LogP contribution in [-0.2, 0) is 11.3 Å². The summed E-state index contributed by atoms with van der Waals surface area (Å²) in [5.41, 5.74) is 12.1. The van der Waals surface area contributed by atoms with Crippen molar-refractivity contribution in [2.24, 2.45) is 17.4 Å². The first-order valence-electron chi connectivity index (χ1n) is 12.4. The van der Waals surface area contributed by atoms with E-state index in [1.165, 1.54) is 10.1 Å². The van der Waals surface area contributed by atoms with E-state index in [1.807, 2.05) is 24.3 Å². The zero-order valence-electron chi connectivity index (χ0n) is 21.4. The van der Waals surface area contributed by atoms with E-state index in [2.05, 4.69) is 15.2 Å². The molecule has 1 atom stereocenters. The van der Waals surface area contributed by atoms with Crippen LogP contribution < -0.4 is 22.5 Å².